The molecular weight excluding hydrogens is 296 g/mol. The van der Waals surface area contributed by atoms with Gasteiger partial charge in [0.15, 0.2) is 6.29 Å². The van der Waals surface area contributed by atoms with Gasteiger partial charge in [0.05, 0.1) is 6.61 Å². The third kappa shape index (κ3) is 5.41. The molecule has 10 nitrogen and oxygen atoms in total. The van der Waals surface area contributed by atoms with E-state index >= 15 is 0 Å². The molecule has 0 aliphatic carbocycles. The summed E-state index contributed by atoms with van der Waals surface area (Å²) in [5.41, 5.74) is 8.15. The van der Waals surface area contributed by atoms with Crippen molar-refractivity contribution in [3.05, 3.63) is 10.4 Å². The van der Waals surface area contributed by atoms with Crippen LogP contribution in [0, 0.1) is 0 Å². The van der Waals surface area contributed by atoms with Crippen molar-refractivity contribution in [1.29, 1.82) is 0 Å². The van der Waals surface area contributed by atoms with Crippen molar-refractivity contribution in [2.24, 2.45) is 5.11 Å². The zero-order valence-corrected chi connectivity index (χ0v) is 12.3. The Bertz CT molecular complexity index is 403. The lowest BCUT2D eigenvalue weighted by Crippen LogP contribution is -2.64. The Morgan fingerprint density at radius 3 is 2.73 bits per heavy atom. The van der Waals surface area contributed by atoms with E-state index in [-0.39, 0.29) is 6.61 Å². The molecule has 0 saturated carbocycles. The third-order valence-electron chi connectivity index (χ3n) is 3.25. The molecular formula is C12H22N4O6. The van der Waals surface area contributed by atoms with Crippen LogP contribution in [0.1, 0.15) is 19.8 Å². The first-order chi connectivity index (χ1) is 10.5. The molecule has 0 bridgehead atoms. The lowest BCUT2D eigenvalue weighted by atomic mass is 9.97. The molecule has 0 radical (unpaired) electrons. The second-order valence-corrected chi connectivity index (χ2v) is 4.97. The summed E-state index contributed by atoms with van der Waals surface area (Å²) in [5.74, 6) is -0.403. The first kappa shape index (κ1) is 18.6. The highest BCUT2D eigenvalue weighted by Crippen LogP contribution is 2.22. The van der Waals surface area contributed by atoms with Gasteiger partial charge in [-0.15, -0.1) is 0 Å². The Morgan fingerprint density at radius 2 is 2.14 bits per heavy atom. The molecule has 1 fully saturated rings. The lowest BCUT2D eigenvalue weighted by Gasteiger charge is -2.42. The van der Waals surface area contributed by atoms with Crippen LogP contribution in [-0.2, 0) is 14.3 Å². The van der Waals surface area contributed by atoms with Gasteiger partial charge in [-0.05, 0) is 18.4 Å². The van der Waals surface area contributed by atoms with Gasteiger partial charge < -0.3 is 30.1 Å². The molecule has 0 spiro atoms. The number of nitrogens with zero attached hydrogens (tertiary/aromatic N) is 3. The molecule has 1 rings (SSSR count). The first-order valence-electron chi connectivity index (χ1n) is 7.03. The number of aliphatic hydroxyl groups excluding tert-OH is 3. The Labute approximate surface area is 127 Å². The van der Waals surface area contributed by atoms with E-state index in [9.17, 15) is 15.0 Å². The van der Waals surface area contributed by atoms with Gasteiger partial charge >= 0.3 is 0 Å². The normalized spacial score (nSPS) is 31.4. The summed E-state index contributed by atoms with van der Waals surface area (Å²) in [7, 11) is 0. The van der Waals surface area contributed by atoms with Gasteiger partial charge in [-0.3, -0.25) is 4.79 Å². The van der Waals surface area contributed by atoms with Gasteiger partial charge in [0.2, 0.25) is 5.91 Å². The average Bonchev–Trinajstić information content (AvgIpc) is 2.49. The number of carbonyl (C=O) groups is 1. The number of nitrogens with one attached hydrogen (secondary N) is 1. The maximum absolute atomic E-state index is 11.2. The Kier molecular flexibility index (Phi) is 8.10. The molecule has 1 amide bonds. The van der Waals surface area contributed by atoms with E-state index in [1.807, 2.05) is 0 Å². The Hall–Kier alpha value is -1.42. The van der Waals surface area contributed by atoms with E-state index in [1.165, 1.54) is 6.92 Å². The molecule has 0 unspecified atom stereocenters. The second kappa shape index (κ2) is 9.57. The maximum atomic E-state index is 11.2. The molecule has 0 aromatic heterocycles. The average molecular weight is 318 g/mol. The molecule has 1 aliphatic rings. The fraction of sp³-hybridized carbons (Fsp3) is 0.917. The minimum absolute atomic E-state index is 0.253. The molecule has 1 saturated heterocycles. The zero-order valence-electron chi connectivity index (χ0n) is 12.3. The van der Waals surface area contributed by atoms with Crippen LogP contribution in [0.2, 0.25) is 0 Å². The number of carbonyl (C=O) groups excluding carboxylic acids is 1. The number of aliphatic hydroxyl groups is 3. The van der Waals surface area contributed by atoms with Gasteiger partial charge in [-0.25, -0.2) is 0 Å². The summed E-state index contributed by atoms with van der Waals surface area (Å²) in [5, 5.41) is 34.9. The predicted octanol–water partition coefficient (Wildman–Crippen LogP) is -0.963. The van der Waals surface area contributed by atoms with Crippen molar-refractivity contribution >= 4 is 5.91 Å². The predicted molar refractivity (Wildman–Crippen MR) is 74.6 cm³/mol. The molecule has 0 aromatic carbocycles. The summed E-state index contributed by atoms with van der Waals surface area (Å²) in [6, 6.07) is -0.938. The Morgan fingerprint density at radius 1 is 1.41 bits per heavy atom. The van der Waals surface area contributed by atoms with Crippen LogP contribution in [0.4, 0.5) is 0 Å². The minimum atomic E-state index is -1.33. The van der Waals surface area contributed by atoms with Crippen LogP contribution < -0.4 is 5.32 Å². The number of amides is 1. The second-order valence-electron chi connectivity index (χ2n) is 4.97. The van der Waals surface area contributed by atoms with Crippen molar-refractivity contribution in [2.75, 3.05) is 19.8 Å². The standard InChI is InChI=1S/C12H22N4O6/c1-7(18)15-9-11(20)10(19)8(6-17)22-12(9)21-5-3-2-4-14-16-13/h8-12,17,19-20H,2-6H2,1H3,(H,15,18)/t8-,9-,10-,11-,12-/m1/s1. The molecule has 4 N–H and O–H groups in total. The van der Waals surface area contributed by atoms with Crippen LogP contribution in [0.25, 0.3) is 10.4 Å². The van der Waals surface area contributed by atoms with Gasteiger partial charge in [-0.1, -0.05) is 5.11 Å². The highest BCUT2D eigenvalue weighted by Gasteiger charge is 2.45. The third-order valence-corrected chi connectivity index (χ3v) is 3.25. The molecule has 1 aliphatic heterocycles. The van der Waals surface area contributed by atoms with E-state index in [0.29, 0.717) is 19.4 Å². The minimum Gasteiger partial charge on any atom is -0.394 e. The summed E-state index contributed by atoms with van der Waals surface area (Å²) in [4.78, 5) is 13.8. The monoisotopic (exact) mass is 318 g/mol. The highest BCUT2D eigenvalue weighted by atomic mass is 16.7. The summed E-state index contributed by atoms with van der Waals surface area (Å²) in [6.45, 7) is 1.39. The summed E-state index contributed by atoms with van der Waals surface area (Å²) in [6.07, 6.45) is -3.41. The molecule has 126 valence electrons. The van der Waals surface area contributed by atoms with E-state index in [1.54, 1.807) is 0 Å². The van der Waals surface area contributed by atoms with Gasteiger partial charge in [-0.2, -0.15) is 0 Å². The number of azide groups is 1. The largest absolute Gasteiger partial charge is 0.394 e. The Balaban J connectivity index is 2.57. The van der Waals surface area contributed by atoms with Crippen molar-refractivity contribution in [3.8, 4) is 0 Å². The number of rotatable bonds is 8. The SMILES string of the molecule is CC(=O)N[C@H]1[C@H](OCCCCN=[N+]=[N-])O[C@H](CO)[C@@H](O)[C@@H]1O. The number of hydrogen-bond acceptors (Lipinski definition) is 7. The molecule has 10 heteroatoms. The van der Waals surface area contributed by atoms with E-state index in [0.717, 1.165) is 0 Å². The molecule has 0 aromatic rings. The van der Waals surface area contributed by atoms with Gasteiger partial charge in [0, 0.05) is 25.0 Å². The smallest absolute Gasteiger partial charge is 0.217 e. The molecule has 22 heavy (non-hydrogen) atoms. The van der Waals surface area contributed by atoms with Crippen LogP contribution in [0.3, 0.4) is 0 Å². The fourth-order valence-electron chi connectivity index (χ4n) is 2.14. The van der Waals surface area contributed by atoms with Crippen molar-refractivity contribution < 1.29 is 29.6 Å². The summed E-state index contributed by atoms with van der Waals surface area (Å²) >= 11 is 0. The number of ether oxygens (including phenoxy) is 2. The van der Waals surface area contributed by atoms with E-state index in [2.05, 4.69) is 15.3 Å². The van der Waals surface area contributed by atoms with Crippen LogP contribution >= 0.6 is 0 Å². The van der Waals surface area contributed by atoms with E-state index < -0.39 is 43.2 Å². The maximum Gasteiger partial charge on any atom is 0.217 e. The molecule has 5 atom stereocenters. The van der Waals surface area contributed by atoms with Crippen LogP contribution in [0.5, 0.6) is 0 Å². The van der Waals surface area contributed by atoms with Gasteiger partial charge in [0.1, 0.15) is 24.4 Å². The van der Waals surface area contributed by atoms with Crippen molar-refractivity contribution in [3.63, 3.8) is 0 Å². The topological polar surface area (TPSA) is 157 Å². The van der Waals surface area contributed by atoms with Gasteiger partial charge in [0.25, 0.3) is 0 Å². The van der Waals surface area contributed by atoms with Crippen molar-refractivity contribution in [1.82, 2.24) is 5.32 Å². The number of unbranched alkanes of at least 4 members (excludes halogenated alkanes) is 1. The van der Waals surface area contributed by atoms with Crippen molar-refractivity contribution in [2.45, 2.75) is 50.4 Å². The lowest BCUT2D eigenvalue weighted by molar-refractivity contribution is -0.270. The summed E-state index contributed by atoms with van der Waals surface area (Å²) < 4.78 is 10.9. The highest BCUT2D eigenvalue weighted by molar-refractivity contribution is 5.73. The molecule has 1 heterocycles. The fourth-order valence-corrected chi connectivity index (χ4v) is 2.14. The van der Waals surface area contributed by atoms with E-state index in [4.69, 9.17) is 20.1 Å². The van der Waals surface area contributed by atoms with Crippen LogP contribution in [0.15, 0.2) is 5.11 Å². The zero-order chi connectivity index (χ0) is 16.5. The van der Waals surface area contributed by atoms with Crippen LogP contribution in [-0.4, -0.2) is 71.6 Å². The quantitative estimate of drug-likeness (QED) is 0.195. The number of hydrogen-bond donors (Lipinski definition) is 4. The first-order valence-corrected chi connectivity index (χ1v) is 7.03.